The van der Waals surface area contributed by atoms with Gasteiger partial charge in [-0.25, -0.2) is 0 Å². The van der Waals surface area contributed by atoms with Crippen molar-refractivity contribution >= 4 is 46.2 Å². The van der Waals surface area contributed by atoms with Gasteiger partial charge in [0, 0.05) is 15.3 Å². The predicted molar refractivity (Wildman–Crippen MR) is 124 cm³/mol. The van der Waals surface area contributed by atoms with Crippen LogP contribution in [0.4, 0.5) is 0 Å². The summed E-state index contributed by atoms with van der Waals surface area (Å²) in [5, 5.41) is 7.19. The normalized spacial score (nSPS) is 17.2. The number of aryl methyl sites for hydroxylation is 2. The van der Waals surface area contributed by atoms with E-state index in [1.165, 1.54) is 32.0 Å². The van der Waals surface area contributed by atoms with Gasteiger partial charge in [-0.15, -0.1) is 39.8 Å². The van der Waals surface area contributed by atoms with Crippen LogP contribution >= 0.6 is 11.3 Å². The van der Waals surface area contributed by atoms with E-state index in [0.29, 0.717) is 0 Å². The van der Waals surface area contributed by atoms with E-state index in [0.717, 1.165) is 5.54 Å². The standard InChI is InChI=1S/C14H11.C11H14SSi.2ClH.Zr/c1-10-8-12-7-6-11-4-2-3-5-13(11)14(12)9-10;1-6-5-8-9(12-6)11-7(2)10(8)13(11,3)4;;;/h2-9H,1H3;5,10H,1-4H3;2*1H;/q-1;;;;+3/p-2. The van der Waals surface area contributed by atoms with Crippen LogP contribution < -0.4 is 24.8 Å². The average Bonchev–Trinajstić information content (AvgIpc) is 3.29. The Balaban J connectivity index is 0.000000195. The topological polar surface area (TPSA) is 0 Å². The zero-order chi connectivity index (χ0) is 18.9. The van der Waals surface area contributed by atoms with Gasteiger partial charge < -0.3 is 24.8 Å². The molecule has 0 saturated heterocycles. The van der Waals surface area contributed by atoms with E-state index in [4.69, 9.17) is 0 Å². The summed E-state index contributed by atoms with van der Waals surface area (Å²) in [7, 11) is -0.995. The molecule has 0 amide bonds. The largest absolute Gasteiger partial charge is 3.00 e. The van der Waals surface area contributed by atoms with E-state index >= 15 is 0 Å². The van der Waals surface area contributed by atoms with Crippen molar-refractivity contribution in [2.24, 2.45) is 0 Å². The van der Waals surface area contributed by atoms with Gasteiger partial charge in [0.05, 0.1) is 8.07 Å². The van der Waals surface area contributed by atoms with Crippen molar-refractivity contribution in [2.75, 3.05) is 0 Å². The maximum absolute atomic E-state index is 2.52. The summed E-state index contributed by atoms with van der Waals surface area (Å²) in [5.41, 5.74) is 5.59. The van der Waals surface area contributed by atoms with Gasteiger partial charge in [-0.1, -0.05) is 61.3 Å². The van der Waals surface area contributed by atoms with Crippen LogP contribution in [0.5, 0.6) is 0 Å². The summed E-state index contributed by atoms with van der Waals surface area (Å²) in [5.74, 6) is 0. The maximum atomic E-state index is 2.52. The fourth-order valence-electron chi connectivity index (χ4n) is 5.41. The Morgan fingerprint density at radius 2 is 1.60 bits per heavy atom. The second-order valence-electron chi connectivity index (χ2n) is 8.68. The number of benzene rings is 2. The van der Waals surface area contributed by atoms with E-state index in [2.05, 4.69) is 88.5 Å². The van der Waals surface area contributed by atoms with Crippen LogP contribution in [-0.4, -0.2) is 8.07 Å². The fourth-order valence-corrected chi connectivity index (χ4v) is 11.7. The molecule has 2 bridgehead atoms. The summed E-state index contributed by atoms with van der Waals surface area (Å²) in [6.45, 7) is 11.7. The van der Waals surface area contributed by atoms with Crippen molar-refractivity contribution in [2.45, 2.75) is 39.4 Å². The summed E-state index contributed by atoms with van der Waals surface area (Å²) < 4.78 is 0. The minimum absolute atomic E-state index is 0. The van der Waals surface area contributed by atoms with E-state index in [-0.39, 0.29) is 51.0 Å². The minimum atomic E-state index is -0.995. The van der Waals surface area contributed by atoms with E-state index in [9.17, 15) is 0 Å². The van der Waals surface area contributed by atoms with Crippen LogP contribution in [0.25, 0.3) is 26.7 Å². The number of hydrogen-bond acceptors (Lipinski definition) is 1. The van der Waals surface area contributed by atoms with Gasteiger partial charge in [0.2, 0.25) is 0 Å². The van der Waals surface area contributed by atoms with Crippen LogP contribution in [0.3, 0.4) is 0 Å². The average molecular weight is 548 g/mol. The molecule has 153 valence electrons. The molecule has 4 aromatic rings. The molecule has 0 fully saturated rings. The quantitative estimate of drug-likeness (QED) is 0.233. The molecule has 1 radical (unpaired) electrons. The van der Waals surface area contributed by atoms with Gasteiger partial charge in [0.25, 0.3) is 0 Å². The number of allylic oxidation sites excluding steroid dienone is 1. The van der Waals surface area contributed by atoms with Gasteiger partial charge in [-0.2, -0.15) is 6.07 Å². The first-order valence-corrected chi connectivity index (χ1v) is 13.6. The minimum Gasteiger partial charge on any atom is -1.00 e. The van der Waals surface area contributed by atoms with Gasteiger partial charge in [-0.3, -0.25) is 0 Å². The monoisotopic (exact) mass is 545 g/mol. The zero-order valence-electron chi connectivity index (χ0n) is 17.9. The van der Waals surface area contributed by atoms with Crippen molar-refractivity contribution in [1.29, 1.82) is 0 Å². The van der Waals surface area contributed by atoms with Crippen LogP contribution in [0, 0.1) is 13.8 Å². The SMILES string of the molecule is CC1=C2c3sc(C)cc3C1[Si]2(C)C.Cc1cc2c(ccc3ccccc32)[cH-]1.[Cl-].[Cl-].[Zr+3]. The van der Waals surface area contributed by atoms with Gasteiger partial charge >= 0.3 is 26.2 Å². The molecule has 0 N–H and O–H groups in total. The Kier molecular flexibility index (Phi) is 7.81. The molecule has 7 rings (SSSR count). The molecule has 1 unspecified atom stereocenters. The summed E-state index contributed by atoms with van der Waals surface area (Å²) in [6, 6.07) is 19.9. The van der Waals surface area contributed by atoms with E-state index < -0.39 is 8.07 Å². The Bertz CT molecular complexity index is 1250. The molecule has 1 atom stereocenters. The van der Waals surface area contributed by atoms with Gasteiger partial charge in [0.1, 0.15) is 0 Å². The van der Waals surface area contributed by atoms with Gasteiger partial charge in [-0.05, 0) is 36.1 Å². The Morgan fingerprint density at radius 1 is 0.900 bits per heavy atom. The molecule has 0 spiro atoms. The number of fused-ring (bicyclic) bond motifs is 3. The first kappa shape index (κ1) is 25.7. The second-order valence-corrected chi connectivity index (χ2v) is 14.5. The molecule has 5 heteroatoms. The number of hydrogen-bond donors (Lipinski definition) is 0. The molecule has 1 aliphatic carbocycles. The van der Waals surface area contributed by atoms with Crippen LogP contribution in [0.1, 0.15) is 33.3 Å². The molecular weight excluding hydrogens is 523 g/mol. The molecule has 30 heavy (non-hydrogen) atoms. The van der Waals surface area contributed by atoms with E-state index in [1.807, 2.05) is 11.3 Å². The maximum Gasteiger partial charge on any atom is 3.00 e. The Hall–Kier alpha value is -0.570. The first-order chi connectivity index (χ1) is 12.9. The molecule has 0 nitrogen and oxygen atoms in total. The zero-order valence-corrected chi connectivity index (χ0v) is 23.7. The van der Waals surface area contributed by atoms with Crippen LogP contribution in [-0.2, 0) is 26.2 Å². The molecule has 0 saturated carbocycles. The summed E-state index contributed by atoms with van der Waals surface area (Å²) >= 11 is 2.01. The van der Waals surface area contributed by atoms with Crippen molar-refractivity contribution in [1.82, 2.24) is 0 Å². The molecule has 3 heterocycles. The van der Waals surface area contributed by atoms with Crippen LogP contribution in [0.15, 0.2) is 60.2 Å². The number of rotatable bonds is 0. The number of halogens is 2. The molecule has 2 aliphatic heterocycles. The van der Waals surface area contributed by atoms with E-state index in [1.54, 1.807) is 21.2 Å². The third-order valence-corrected chi connectivity index (χ3v) is 11.8. The molecule has 3 aromatic carbocycles. The molecule has 3 aliphatic rings. The number of thiophene rings is 1. The third kappa shape index (κ3) is 3.76. The second kappa shape index (κ2) is 9.12. The fraction of sp³-hybridized carbons (Fsp3) is 0.240. The Labute approximate surface area is 216 Å². The summed E-state index contributed by atoms with van der Waals surface area (Å²) in [4.78, 5) is 3.14. The van der Waals surface area contributed by atoms with Crippen molar-refractivity contribution in [3.63, 3.8) is 0 Å². The predicted octanol–water partition coefficient (Wildman–Crippen LogP) is 1.75. The summed E-state index contributed by atoms with van der Waals surface area (Å²) in [6.07, 6.45) is 0. The Morgan fingerprint density at radius 3 is 2.27 bits per heavy atom. The first-order valence-electron chi connectivity index (χ1n) is 9.74. The van der Waals surface area contributed by atoms with Gasteiger partial charge in [0.15, 0.2) is 0 Å². The molecule has 1 aromatic heterocycles. The van der Waals surface area contributed by atoms with Crippen molar-refractivity contribution in [3.8, 4) is 0 Å². The van der Waals surface area contributed by atoms with Crippen molar-refractivity contribution in [3.05, 3.63) is 81.1 Å². The third-order valence-electron chi connectivity index (χ3n) is 6.38. The smallest absolute Gasteiger partial charge is 1.00 e. The molecular formula is C25H25Cl2SSiZr. The van der Waals surface area contributed by atoms with Crippen molar-refractivity contribution < 1.29 is 51.0 Å². The van der Waals surface area contributed by atoms with Crippen LogP contribution in [0.2, 0.25) is 13.1 Å².